The molecule has 0 aliphatic rings. The Morgan fingerprint density at radius 3 is 2.79 bits per heavy atom. The Kier molecular flexibility index (Phi) is 5.02. The van der Waals surface area contributed by atoms with Crippen LogP contribution < -0.4 is 5.32 Å². The summed E-state index contributed by atoms with van der Waals surface area (Å²) in [6.45, 7) is 9.77. The van der Waals surface area contributed by atoms with E-state index in [9.17, 15) is 0 Å². The van der Waals surface area contributed by atoms with Crippen LogP contribution in [0.15, 0.2) is 18.2 Å². The second-order valence-electron chi connectivity index (χ2n) is 4.66. The number of anilines is 1. The fourth-order valence-corrected chi connectivity index (χ4v) is 3.34. The second-order valence-corrected chi connectivity index (χ2v) is 6.13. The first-order chi connectivity index (χ1) is 9.12. The maximum atomic E-state index is 5.99. The van der Waals surface area contributed by atoms with Gasteiger partial charge in [0.25, 0.3) is 0 Å². The predicted molar refractivity (Wildman–Crippen MR) is 85.5 cm³/mol. The Hall–Kier alpha value is -0.840. The van der Waals surface area contributed by atoms with Gasteiger partial charge in [-0.3, -0.25) is 0 Å². The molecular weight excluding hydrogens is 278 g/mol. The van der Waals surface area contributed by atoms with Crippen molar-refractivity contribution in [2.75, 3.05) is 25.0 Å². The Morgan fingerprint density at radius 1 is 1.37 bits per heavy atom. The summed E-state index contributed by atoms with van der Waals surface area (Å²) in [4.78, 5) is 6.99. The maximum absolute atomic E-state index is 5.99. The van der Waals surface area contributed by atoms with E-state index < -0.39 is 0 Å². The first-order valence-corrected chi connectivity index (χ1v) is 7.86. The van der Waals surface area contributed by atoms with Crippen molar-refractivity contribution in [2.45, 2.75) is 26.8 Å². The summed E-state index contributed by atoms with van der Waals surface area (Å²) >= 11 is 7.65. The highest BCUT2D eigenvalue weighted by molar-refractivity contribution is 7.22. The van der Waals surface area contributed by atoms with Gasteiger partial charge in [-0.05, 0) is 38.2 Å². The Morgan fingerprint density at radius 2 is 2.11 bits per heavy atom. The van der Waals surface area contributed by atoms with E-state index in [0.717, 1.165) is 40.0 Å². The first-order valence-electron chi connectivity index (χ1n) is 6.67. The number of halogens is 1. The van der Waals surface area contributed by atoms with Crippen molar-refractivity contribution in [3.05, 3.63) is 23.2 Å². The van der Waals surface area contributed by atoms with Crippen LogP contribution in [0.2, 0.25) is 5.02 Å². The Bertz CT molecular complexity index is 536. The molecule has 1 heterocycles. The van der Waals surface area contributed by atoms with Crippen molar-refractivity contribution >= 4 is 38.3 Å². The third-order valence-corrected chi connectivity index (χ3v) is 4.33. The summed E-state index contributed by atoms with van der Waals surface area (Å²) < 4.78 is 1.13. The number of fused-ring (bicyclic) bond motifs is 1. The first kappa shape index (κ1) is 14.6. The third-order valence-electron chi connectivity index (χ3n) is 3.15. The molecule has 0 fully saturated rings. The molecule has 0 saturated carbocycles. The molecule has 5 heteroatoms. The van der Waals surface area contributed by atoms with Crippen molar-refractivity contribution in [1.29, 1.82) is 0 Å². The minimum atomic E-state index is 0.385. The molecule has 0 aliphatic carbocycles. The van der Waals surface area contributed by atoms with Gasteiger partial charge in [0.2, 0.25) is 0 Å². The quantitative estimate of drug-likeness (QED) is 0.870. The number of thiazole rings is 1. The number of aromatic nitrogens is 1. The van der Waals surface area contributed by atoms with Crippen LogP contribution in [-0.4, -0.2) is 35.6 Å². The normalized spacial score (nSPS) is 13.1. The molecule has 1 N–H and O–H groups in total. The highest BCUT2D eigenvalue weighted by Crippen LogP contribution is 2.28. The molecule has 0 saturated heterocycles. The van der Waals surface area contributed by atoms with Crippen LogP contribution in [0, 0.1) is 0 Å². The van der Waals surface area contributed by atoms with Crippen molar-refractivity contribution < 1.29 is 0 Å². The molecule has 3 nitrogen and oxygen atoms in total. The molecule has 0 aliphatic heterocycles. The highest BCUT2D eigenvalue weighted by Gasteiger charge is 2.10. The zero-order valence-corrected chi connectivity index (χ0v) is 13.2. The van der Waals surface area contributed by atoms with E-state index in [2.05, 4.69) is 36.0 Å². The molecule has 0 radical (unpaired) electrons. The lowest BCUT2D eigenvalue weighted by Gasteiger charge is -2.23. The zero-order valence-electron chi connectivity index (χ0n) is 11.6. The standard InChI is InChI=1S/C14H20ClN3S/c1-4-18(5-2)9-10(3)16-14-17-12-7-6-11(15)8-13(12)19-14/h6-8,10H,4-5,9H2,1-3H3,(H,16,17). The number of rotatable bonds is 6. The topological polar surface area (TPSA) is 28.2 Å². The van der Waals surface area contributed by atoms with Gasteiger partial charge in [-0.15, -0.1) is 0 Å². The Labute approximate surface area is 123 Å². The van der Waals surface area contributed by atoms with Crippen LogP contribution in [-0.2, 0) is 0 Å². The zero-order chi connectivity index (χ0) is 13.8. The summed E-state index contributed by atoms with van der Waals surface area (Å²) in [6, 6.07) is 6.20. The number of nitrogens with zero attached hydrogens (tertiary/aromatic N) is 2. The minimum Gasteiger partial charge on any atom is -0.358 e. The van der Waals surface area contributed by atoms with Gasteiger partial charge in [0.05, 0.1) is 10.2 Å². The SMILES string of the molecule is CCN(CC)CC(C)Nc1nc2ccc(Cl)cc2s1. The summed E-state index contributed by atoms with van der Waals surface area (Å²) in [5, 5.41) is 5.20. The summed E-state index contributed by atoms with van der Waals surface area (Å²) in [5.74, 6) is 0. The average molecular weight is 298 g/mol. The third kappa shape index (κ3) is 3.81. The second kappa shape index (κ2) is 6.55. The van der Waals surface area contributed by atoms with E-state index in [0.29, 0.717) is 6.04 Å². The van der Waals surface area contributed by atoms with E-state index in [1.54, 1.807) is 11.3 Å². The smallest absolute Gasteiger partial charge is 0.184 e. The summed E-state index contributed by atoms with van der Waals surface area (Å²) in [7, 11) is 0. The van der Waals surface area contributed by atoms with Gasteiger partial charge in [-0.2, -0.15) is 0 Å². The fourth-order valence-electron chi connectivity index (χ4n) is 2.09. The van der Waals surface area contributed by atoms with Crippen molar-refractivity contribution in [1.82, 2.24) is 9.88 Å². The number of hydrogen-bond donors (Lipinski definition) is 1. The number of nitrogens with one attached hydrogen (secondary N) is 1. The molecule has 0 bridgehead atoms. The van der Waals surface area contributed by atoms with E-state index in [4.69, 9.17) is 11.6 Å². The highest BCUT2D eigenvalue weighted by atomic mass is 35.5. The summed E-state index contributed by atoms with van der Waals surface area (Å²) in [5.41, 5.74) is 1.01. The molecule has 1 atom stereocenters. The lowest BCUT2D eigenvalue weighted by atomic mass is 10.3. The molecule has 1 unspecified atom stereocenters. The molecule has 2 aromatic rings. The predicted octanol–water partition coefficient (Wildman–Crippen LogP) is 4.09. The number of benzene rings is 1. The lowest BCUT2D eigenvalue weighted by molar-refractivity contribution is 0.295. The van der Waals surface area contributed by atoms with Gasteiger partial charge in [-0.25, -0.2) is 4.98 Å². The molecule has 1 aromatic heterocycles. The van der Waals surface area contributed by atoms with Gasteiger partial charge >= 0.3 is 0 Å². The van der Waals surface area contributed by atoms with E-state index in [1.807, 2.05) is 18.2 Å². The molecule has 0 amide bonds. The van der Waals surface area contributed by atoms with Gasteiger partial charge in [-0.1, -0.05) is 36.8 Å². The van der Waals surface area contributed by atoms with Crippen molar-refractivity contribution in [3.8, 4) is 0 Å². The van der Waals surface area contributed by atoms with Crippen LogP contribution in [0.3, 0.4) is 0 Å². The number of hydrogen-bond acceptors (Lipinski definition) is 4. The van der Waals surface area contributed by atoms with Crippen LogP contribution in [0.5, 0.6) is 0 Å². The largest absolute Gasteiger partial charge is 0.358 e. The lowest BCUT2D eigenvalue weighted by Crippen LogP contribution is -2.34. The fraction of sp³-hybridized carbons (Fsp3) is 0.500. The van der Waals surface area contributed by atoms with Gasteiger partial charge < -0.3 is 10.2 Å². The monoisotopic (exact) mass is 297 g/mol. The summed E-state index contributed by atoms with van der Waals surface area (Å²) in [6.07, 6.45) is 0. The molecule has 2 rings (SSSR count). The van der Waals surface area contributed by atoms with Crippen LogP contribution in [0.1, 0.15) is 20.8 Å². The maximum Gasteiger partial charge on any atom is 0.184 e. The van der Waals surface area contributed by atoms with E-state index >= 15 is 0 Å². The van der Waals surface area contributed by atoms with E-state index in [1.165, 1.54) is 0 Å². The van der Waals surface area contributed by atoms with Gasteiger partial charge in [0, 0.05) is 17.6 Å². The molecule has 1 aromatic carbocycles. The van der Waals surface area contributed by atoms with E-state index in [-0.39, 0.29) is 0 Å². The average Bonchev–Trinajstić information content (AvgIpc) is 2.77. The number of likely N-dealkylation sites (N-methyl/N-ethyl adjacent to an activating group) is 1. The minimum absolute atomic E-state index is 0.385. The molecule has 104 valence electrons. The van der Waals surface area contributed by atoms with Crippen molar-refractivity contribution in [3.63, 3.8) is 0 Å². The molecule has 19 heavy (non-hydrogen) atoms. The van der Waals surface area contributed by atoms with Crippen molar-refractivity contribution in [2.24, 2.45) is 0 Å². The van der Waals surface area contributed by atoms with Crippen LogP contribution in [0.25, 0.3) is 10.2 Å². The van der Waals surface area contributed by atoms with Gasteiger partial charge in [0.1, 0.15) is 0 Å². The van der Waals surface area contributed by atoms with Crippen LogP contribution >= 0.6 is 22.9 Å². The Balaban J connectivity index is 2.04. The molecular formula is C14H20ClN3S. The molecule has 0 spiro atoms. The van der Waals surface area contributed by atoms with Crippen LogP contribution in [0.4, 0.5) is 5.13 Å². The van der Waals surface area contributed by atoms with Gasteiger partial charge in [0.15, 0.2) is 5.13 Å².